The average Bonchev–Trinajstić information content (AvgIpc) is 3.22. The highest BCUT2D eigenvalue weighted by atomic mass is 35.5. The molecule has 1 saturated carbocycles. The first-order valence-corrected chi connectivity index (χ1v) is 7.02. The van der Waals surface area contributed by atoms with Gasteiger partial charge in [-0.2, -0.15) is 0 Å². The van der Waals surface area contributed by atoms with Crippen LogP contribution >= 0.6 is 11.6 Å². The van der Waals surface area contributed by atoms with Crippen molar-refractivity contribution in [3.63, 3.8) is 0 Å². The molecular weight excluding hydrogens is 280 g/mol. The van der Waals surface area contributed by atoms with Gasteiger partial charge in [0.1, 0.15) is 18.9 Å². The van der Waals surface area contributed by atoms with Gasteiger partial charge in [-0.1, -0.05) is 11.6 Å². The van der Waals surface area contributed by atoms with E-state index in [1.165, 1.54) is 4.90 Å². The topological polar surface area (TPSA) is 49.9 Å². The second-order valence-electron chi connectivity index (χ2n) is 4.99. The van der Waals surface area contributed by atoms with Crippen molar-refractivity contribution in [2.75, 3.05) is 19.7 Å². The lowest BCUT2D eigenvalue weighted by molar-refractivity contribution is -0.125. The molecule has 0 radical (unpaired) electrons. The van der Waals surface area contributed by atoms with Crippen LogP contribution in [0.4, 0.5) is 4.79 Å². The second-order valence-corrected chi connectivity index (χ2v) is 5.43. The summed E-state index contributed by atoms with van der Waals surface area (Å²) >= 11 is 5.78. The quantitative estimate of drug-likeness (QED) is 0.782. The molecule has 0 spiro atoms. The first-order valence-electron chi connectivity index (χ1n) is 6.64. The Morgan fingerprint density at radius 1 is 1.20 bits per heavy atom. The number of imide groups is 1. The fraction of sp³-hybridized carbons (Fsp3) is 0.429. The van der Waals surface area contributed by atoms with Gasteiger partial charge in [-0.25, -0.2) is 4.79 Å². The molecule has 0 atom stereocenters. The maximum Gasteiger partial charge on any atom is 0.327 e. The van der Waals surface area contributed by atoms with Gasteiger partial charge in [0.25, 0.3) is 0 Å². The van der Waals surface area contributed by atoms with Crippen molar-refractivity contribution in [3.8, 4) is 5.75 Å². The van der Waals surface area contributed by atoms with E-state index in [-0.39, 0.29) is 37.7 Å². The van der Waals surface area contributed by atoms with E-state index in [1.54, 1.807) is 29.2 Å². The van der Waals surface area contributed by atoms with E-state index >= 15 is 0 Å². The summed E-state index contributed by atoms with van der Waals surface area (Å²) in [5, 5.41) is 0.641. The van der Waals surface area contributed by atoms with Crippen molar-refractivity contribution in [3.05, 3.63) is 29.3 Å². The summed E-state index contributed by atoms with van der Waals surface area (Å²) in [5.41, 5.74) is 0. The predicted octanol–water partition coefficient (Wildman–Crippen LogP) is 2.15. The highest BCUT2D eigenvalue weighted by Crippen LogP contribution is 2.30. The Morgan fingerprint density at radius 3 is 2.55 bits per heavy atom. The minimum atomic E-state index is -0.183. The molecule has 0 aromatic heterocycles. The molecule has 1 aromatic carbocycles. The molecule has 3 rings (SSSR count). The summed E-state index contributed by atoms with van der Waals surface area (Å²) in [6.45, 7) is 0.783. The monoisotopic (exact) mass is 294 g/mol. The summed E-state index contributed by atoms with van der Waals surface area (Å²) in [7, 11) is 0. The second kappa shape index (κ2) is 5.32. The molecule has 0 N–H and O–H groups in total. The van der Waals surface area contributed by atoms with E-state index in [4.69, 9.17) is 16.3 Å². The number of urea groups is 1. The molecule has 1 heterocycles. The number of hydrogen-bond donors (Lipinski definition) is 0. The number of carbonyl (C=O) groups excluding carboxylic acids is 2. The zero-order valence-electron chi connectivity index (χ0n) is 10.9. The van der Waals surface area contributed by atoms with Gasteiger partial charge >= 0.3 is 6.03 Å². The van der Waals surface area contributed by atoms with Crippen LogP contribution in [0.15, 0.2) is 24.3 Å². The van der Waals surface area contributed by atoms with Crippen LogP contribution in [0.5, 0.6) is 5.75 Å². The Hall–Kier alpha value is -1.75. The lowest BCUT2D eigenvalue weighted by atomic mass is 10.3. The third-order valence-electron chi connectivity index (χ3n) is 3.47. The third-order valence-corrected chi connectivity index (χ3v) is 3.72. The minimum absolute atomic E-state index is 0.137. The molecule has 0 unspecified atom stereocenters. The fourth-order valence-corrected chi connectivity index (χ4v) is 2.36. The fourth-order valence-electron chi connectivity index (χ4n) is 2.24. The van der Waals surface area contributed by atoms with E-state index in [9.17, 15) is 9.59 Å². The van der Waals surface area contributed by atoms with Crippen LogP contribution < -0.4 is 4.74 Å². The van der Waals surface area contributed by atoms with Crippen LogP contribution in [0.2, 0.25) is 5.02 Å². The molecular formula is C14H15ClN2O3. The van der Waals surface area contributed by atoms with Crippen LogP contribution in [0.1, 0.15) is 12.8 Å². The van der Waals surface area contributed by atoms with Gasteiger partial charge in [0.15, 0.2) is 0 Å². The Bertz CT molecular complexity index is 528. The number of nitrogens with zero attached hydrogens (tertiary/aromatic N) is 2. The van der Waals surface area contributed by atoms with Gasteiger partial charge in [0, 0.05) is 11.1 Å². The maximum absolute atomic E-state index is 12.0. The van der Waals surface area contributed by atoms with Crippen LogP contribution in [0.3, 0.4) is 0 Å². The molecule has 1 aliphatic carbocycles. The highest BCUT2D eigenvalue weighted by Gasteiger charge is 2.43. The number of halogens is 1. The SMILES string of the molecule is O=C1CN(C2CC2)C(=O)N1CCOc1ccc(Cl)cc1. The molecule has 1 saturated heterocycles. The first-order chi connectivity index (χ1) is 9.65. The van der Waals surface area contributed by atoms with Crippen molar-refractivity contribution >= 4 is 23.5 Å². The molecule has 1 aromatic rings. The van der Waals surface area contributed by atoms with Crippen molar-refractivity contribution in [2.24, 2.45) is 0 Å². The zero-order valence-corrected chi connectivity index (χ0v) is 11.7. The third kappa shape index (κ3) is 2.72. The van der Waals surface area contributed by atoms with E-state index in [0.717, 1.165) is 12.8 Å². The van der Waals surface area contributed by atoms with E-state index in [1.807, 2.05) is 0 Å². The Labute approximate surface area is 122 Å². The molecule has 20 heavy (non-hydrogen) atoms. The molecule has 0 bridgehead atoms. The average molecular weight is 295 g/mol. The lowest BCUT2D eigenvalue weighted by Crippen LogP contribution is -2.36. The van der Waals surface area contributed by atoms with E-state index < -0.39 is 0 Å². The Kier molecular flexibility index (Phi) is 3.53. The molecule has 5 nitrogen and oxygen atoms in total. The van der Waals surface area contributed by atoms with Crippen LogP contribution in [0, 0.1) is 0 Å². The van der Waals surface area contributed by atoms with Crippen molar-refractivity contribution < 1.29 is 14.3 Å². The minimum Gasteiger partial charge on any atom is -0.492 e. The molecule has 6 heteroatoms. The summed E-state index contributed by atoms with van der Waals surface area (Å²) in [6, 6.07) is 7.07. The van der Waals surface area contributed by atoms with Gasteiger partial charge in [-0.05, 0) is 37.1 Å². The zero-order chi connectivity index (χ0) is 14.1. The number of carbonyl (C=O) groups is 2. The van der Waals surface area contributed by atoms with Crippen molar-refractivity contribution in [2.45, 2.75) is 18.9 Å². The number of rotatable bonds is 5. The normalized spacial score (nSPS) is 18.9. The number of amides is 3. The maximum atomic E-state index is 12.0. The Morgan fingerprint density at radius 2 is 1.90 bits per heavy atom. The number of benzene rings is 1. The molecule has 2 fully saturated rings. The lowest BCUT2D eigenvalue weighted by Gasteiger charge is -2.16. The smallest absolute Gasteiger partial charge is 0.327 e. The van der Waals surface area contributed by atoms with E-state index in [0.29, 0.717) is 10.8 Å². The van der Waals surface area contributed by atoms with E-state index in [2.05, 4.69) is 0 Å². The van der Waals surface area contributed by atoms with Crippen LogP contribution in [-0.4, -0.2) is 47.5 Å². The van der Waals surface area contributed by atoms with Crippen molar-refractivity contribution in [1.82, 2.24) is 9.80 Å². The van der Waals surface area contributed by atoms with Crippen LogP contribution in [-0.2, 0) is 4.79 Å². The molecule has 106 valence electrons. The largest absolute Gasteiger partial charge is 0.492 e. The molecule has 1 aliphatic heterocycles. The van der Waals surface area contributed by atoms with Gasteiger partial charge in [-0.15, -0.1) is 0 Å². The number of ether oxygens (including phenoxy) is 1. The van der Waals surface area contributed by atoms with Crippen molar-refractivity contribution in [1.29, 1.82) is 0 Å². The van der Waals surface area contributed by atoms with Gasteiger partial charge in [0.2, 0.25) is 5.91 Å². The summed E-state index contributed by atoms with van der Waals surface area (Å²) in [5.74, 6) is 0.536. The van der Waals surface area contributed by atoms with Crippen LogP contribution in [0.25, 0.3) is 0 Å². The first kappa shape index (κ1) is 13.2. The summed E-state index contributed by atoms with van der Waals surface area (Å²) < 4.78 is 5.51. The summed E-state index contributed by atoms with van der Waals surface area (Å²) in [6.07, 6.45) is 2.02. The number of hydrogen-bond acceptors (Lipinski definition) is 3. The highest BCUT2D eigenvalue weighted by molar-refractivity contribution is 6.30. The standard InChI is InChI=1S/C14H15ClN2O3/c15-10-1-5-12(6-2-10)20-8-7-16-13(18)9-17(14(16)19)11-3-4-11/h1-2,5-6,11H,3-4,7-9H2. The predicted molar refractivity (Wildman–Crippen MR) is 73.8 cm³/mol. The van der Waals surface area contributed by atoms with Gasteiger partial charge in [0.05, 0.1) is 6.54 Å². The molecule has 3 amide bonds. The Balaban J connectivity index is 1.51. The summed E-state index contributed by atoms with van der Waals surface area (Å²) in [4.78, 5) is 26.8. The van der Waals surface area contributed by atoms with Gasteiger partial charge in [-0.3, -0.25) is 9.69 Å². The molecule has 2 aliphatic rings. The van der Waals surface area contributed by atoms with Gasteiger partial charge < -0.3 is 9.64 Å².